The van der Waals surface area contributed by atoms with Crippen molar-refractivity contribution in [3.63, 3.8) is 0 Å². The highest BCUT2D eigenvalue weighted by Crippen LogP contribution is 2.29. The summed E-state index contributed by atoms with van der Waals surface area (Å²) in [5, 5.41) is 0. The van der Waals surface area contributed by atoms with E-state index in [4.69, 9.17) is 5.73 Å². The molecule has 0 radical (unpaired) electrons. The van der Waals surface area contributed by atoms with Crippen LogP contribution in [0.2, 0.25) is 0 Å². The van der Waals surface area contributed by atoms with Crippen molar-refractivity contribution in [3.05, 3.63) is 59.7 Å². The van der Waals surface area contributed by atoms with Crippen molar-refractivity contribution >= 4 is 17.4 Å². The fraction of sp³-hybridized carbons (Fsp3) is 0.0769. The zero-order chi connectivity index (χ0) is 12.3. The quantitative estimate of drug-likeness (QED) is 0.662. The van der Waals surface area contributed by atoms with Gasteiger partial charge in [0.15, 0.2) is 0 Å². The maximum atomic E-state index is 13.5. The van der Waals surface area contributed by atoms with Crippen LogP contribution in [-0.4, -0.2) is 0 Å². The molecule has 2 N–H and O–H groups in total. The first kappa shape index (κ1) is 11.9. The van der Waals surface area contributed by atoms with Gasteiger partial charge in [0.05, 0.1) is 4.90 Å². The second kappa shape index (κ2) is 5.19. The Hall–Kier alpha value is -1.55. The van der Waals surface area contributed by atoms with E-state index in [1.54, 1.807) is 0 Å². The summed E-state index contributed by atoms with van der Waals surface area (Å²) in [5.74, 6) is -0.689. The Labute approximate surface area is 103 Å². The topological polar surface area (TPSA) is 26.0 Å². The molecular weight excluding hydrogens is 240 g/mol. The van der Waals surface area contributed by atoms with Crippen LogP contribution < -0.4 is 5.73 Å². The number of nitrogens with two attached hydrogens (primary N) is 1. The molecule has 88 valence electrons. The fourth-order valence-corrected chi connectivity index (χ4v) is 2.34. The van der Waals surface area contributed by atoms with Gasteiger partial charge in [-0.1, -0.05) is 30.3 Å². The van der Waals surface area contributed by atoms with Gasteiger partial charge >= 0.3 is 0 Å². The summed E-state index contributed by atoms with van der Waals surface area (Å²) < 4.78 is 26.9. The van der Waals surface area contributed by atoms with Crippen molar-refractivity contribution in [2.75, 3.05) is 5.73 Å². The van der Waals surface area contributed by atoms with Gasteiger partial charge in [0.2, 0.25) is 0 Å². The highest BCUT2D eigenvalue weighted by atomic mass is 32.2. The Morgan fingerprint density at radius 2 is 1.59 bits per heavy atom. The molecule has 4 heteroatoms. The molecule has 17 heavy (non-hydrogen) atoms. The standard InChI is InChI=1S/C13H11F2NS/c14-11-6-10(16)7-12(15)13(11)17-8-9-4-2-1-3-5-9/h1-7H,8,16H2. The summed E-state index contributed by atoms with van der Waals surface area (Å²) in [6.07, 6.45) is 0. The van der Waals surface area contributed by atoms with E-state index in [2.05, 4.69) is 0 Å². The average Bonchev–Trinajstić information content (AvgIpc) is 2.29. The van der Waals surface area contributed by atoms with Crippen LogP contribution in [-0.2, 0) is 5.75 Å². The van der Waals surface area contributed by atoms with Gasteiger partial charge in [-0.2, -0.15) is 0 Å². The van der Waals surface area contributed by atoms with E-state index >= 15 is 0 Å². The van der Waals surface area contributed by atoms with Crippen LogP contribution in [0.1, 0.15) is 5.56 Å². The molecule has 0 aromatic heterocycles. The molecule has 0 atom stereocenters. The maximum absolute atomic E-state index is 13.5. The normalized spacial score (nSPS) is 10.5. The minimum Gasteiger partial charge on any atom is -0.399 e. The summed E-state index contributed by atoms with van der Waals surface area (Å²) in [6, 6.07) is 11.8. The second-order valence-corrected chi connectivity index (χ2v) is 4.57. The molecule has 0 spiro atoms. The van der Waals surface area contributed by atoms with E-state index in [9.17, 15) is 8.78 Å². The van der Waals surface area contributed by atoms with E-state index in [1.807, 2.05) is 30.3 Å². The van der Waals surface area contributed by atoms with Crippen LogP contribution in [0.15, 0.2) is 47.4 Å². The Morgan fingerprint density at radius 3 is 2.18 bits per heavy atom. The highest BCUT2D eigenvalue weighted by molar-refractivity contribution is 7.98. The molecule has 0 fully saturated rings. The lowest BCUT2D eigenvalue weighted by Gasteiger charge is -2.06. The first-order valence-electron chi connectivity index (χ1n) is 5.08. The van der Waals surface area contributed by atoms with Crippen molar-refractivity contribution in [1.29, 1.82) is 0 Å². The molecule has 0 heterocycles. The van der Waals surface area contributed by atoms with E-state index in [-0.39, 0.29) is 10.6 Å². The number of anilines is 1. The summed E-state index contributed by atoms with van der Waals surface area (Å²) in [6.45, 7) is 0. The van der Waals surface area contributed by atoms with Crippen LogP contribution in [0, 0.1) is 11.6 Å². The van der Waals surface area contributed by atoms with E-state index in [0.29, 0.717) is 5.75 Å². The number of benzene rings is 2. The van der Waals surface area contributed by atoms with Crippen LogP contribution >= 0.6 is 11.8 Å². The molecule has 0 bridgehead atoms. The predicted octanol–water partition coefficient (Wildman–Crippen LogP) is 3.84. The number of hydrogen-bond donors (Lipinski definition) is 1. The molecule has 0 aliphatic rings. The van der Waals surface area contributed by atoms with Gasteiger partial charge in [-0.15, -0.1) is 11.8 Å². The molecule has 0 aliphatic heterocycles. The summed E-state index contributed by atoms with van der Waals surface area (Å²) >= 11 is 1.13. The molecule has 2 aromatic rings. The first-order chi connectivity index (χ1) is 8.16. The van der Waals surface area contributed by atoms with E-state index in [0.717, 1.165) is 29.5 Å². The van der Waals surface area contributed by atoms with Crippen molar-refractivity contribution in [2.45, 2.75) is 10.6 Å². The minimum atomic E-state index is -0.608. The summed E-state index contributed by atoms with van der Waals surface area (Å²) in [4.78, 5) is 0.0167. The molecule has 1 nitrogen and oxygen atoms in total. The molecule has 0 aliphatic carbocycles. The van der Waals surface area contributed by atoms with Gasteiger partial charge in [-0.3, -0.25) is 0 Å². The number of thioether (sulfide) groups is 1. The largest absolute Gasteiger partial charge is 0.399 e. The van der Waals surface area contributed by atoms with Gasteiger partial charge < -0.3 is 5.73 Å². The molecular formula is C13H11F2NS. The highest BCUT2D eigenvalue weighted by Gasteiger charge is 2.10. The van der Waals surface area contributed by atoms with Gasteiger partial charge in [0.1, 0.15) is 11.6 Å². The SMILES string of the molecule is Nc1cc(F)c(SCc2ccccc2)c(F)c1. The minimum absolute atomic E-state index is 0.0167. The van der Waals surface area contributed by atoms with Gasteiger partial charge in [-0.05, 0) is 17.7 Å². The maximum Gasteiger partial charge on any atom is 0.141 e. The van der Waals surface area contributed by atoms with E-state index < -0.39 is 11.6 Å². The predicted molar refractivity (Wildman–Crippen MR) is 66.8 cm³/mol. The monoisotopic (exact) mass is 251 g/mol. The molecule has 0 saturated heterocycles. The van der Waals surface area contributed by atoms with Crippen molar-refractivity contribution in [2.24, 2.45) is 0 Å². The smallest absolute Gasteiger partial charge is 0.141 e. The van der Waals surface area contributed by atoms with Crippen molar-refractivity contribution < 1.29 is 8.78 Å². The van der Waals surface area contributed by atoms with Crippen LogP contribution in [0.25, 0.3) is 0 Å². The Morgan fingerprint density at radius 1 is 1.00 bits per heavy atom. The molecule has 0 unspecified atom stereocenters. The first-order valence-corrected chi connectivity index (χ1v) is 6.06. The molecule has 0 saturated carbocycles. The van der Waals surface area contributed by atoms with Crippen LogP contribution in [0.5, 0.6) is 0 Å². The zero-order valence-corrected chi connectivity index (χ0v) is 9.81. The lowest BCUT2D eigenvalue weighted by atomic mass is 10.2. The summed E-state index contributed by atoms with van der Waals surface area (Å²) in [7, 11) is 0. The number of nitrogen functional groups attached to an aromatic ring is 1. The average molecular weight is 251 g/mol. The third kappa shape index (κ3) is 2.97. The number of halogens is 2. The van der Waals surface area contributed by atoms with Gasteiger partial charge in [0, 0.05) is 11.4 Å². The second-order valence-electron chi connectivity index (χ2n) is 3.59. The third-order valence-corrected chi connectivity index (χ3v) is 3.40. The molecule has 2 rings (SSSR count). The Balaban J connectivity index is 2.15. The summed E-state index contributed by atoms with van der Waals surface area (Å²) in [5.41, 5.74) is 6.47. The number of hydrogen-bond acceptors (Lipinski definition) is 2. The number of rotatable bonds is 3. The Bertz CT molecular complexity index is 491. The van der Waals surface area contributed by atoms with Gasteiger partial charge in [-0.25, -0.2) is 8.78 Å². The van der Waals surface area contributed by atoms with E-state index in [1.165, 1.54) is 0 Å². The van der Waals surface area contributed by atoms with Crippen LogP contribution in [0.3, 0.4) is 0 Å². The van der Waals surface area contributed by atoms with Crippen LogP contribution in [0.4, 0.5) is 14.5 Å². The fourth-order valence-electron chi connectivity index (χ4n) is 1.45. The van der Waals surface area contributed by atoms with Gasteiger partial charge in [0.25, 0.3) is 0 Å². The Kier molecular flexibility index (Phi) is 3.64. The molecule has 2 aromatic carbocycles. The lowest BCUT2D eigenvalue weighted by Crippen LogP contribution is -1.93. The zero-order valence-electron chi connectivity index (χ0n) is 8.99. The molecule has 0 amide bonds. The van der Waals surface area contributed by atoms with Crippen molar-refractivity contribution in [1.82, 2.24) is 0 Å². The van der Waals surface area contributed by atoms with Crippen molar-refractivity contribution in [3.8, 4) is 0 Å². The lowest BCUT2D eigenvalue weighted by molar-refractivity contribution is 0.542. The third-order valence-electron chi connectivity index (χ3n) is 2.25.